The van der Waals surface area contributed by atoms with Crippen LogP contribution in [0, 0.1) is 0 Å². The minimum atomic E-state index is -3.66. The number of ether oxygens (including phenoxy) is 2. The molecule has 2 aromatic rings. The van der Waals surface area contributed by atoms with E-state index in [9.17, 15) is 8.42 Å². The van der Waals surface area contributed by atoms with Crippen molar-refractivity contribution < 1.29 is 17.9 Å². The maximum Gasteiger partial charge on any atom is 0.261 e. The van der Waals surface area contributed by atoms with Crippen LogP contribution >= 0.6 is 11.3 Å². The van der Waals surface area contributed by atoms with Crippen molar-refractivity contribution in [1.82, 2.24) is 4.98 Å². The van der Waals surface area contributed by atoms with Gasteiger partial charge in [0.1, 0.15) is 11.5 Å². The van der Waals surface area contributed by atoms with E-state index < -0.39 is 10.0 Å². The molecule has 0 aliphatic rings. The first-order valence-corrected chi connectivity index (χ1v) is 9.52. The lowest BCUT2D eigenvalue weighted by molar-refractivity contribution is 0.391. The van der Waals surface area contributed by atoms with Gasteiger partial charge in [-0.1, -0.05) is 6.08 Å². The number of aromatic nitrogens is 1. The molecular formula is C16H20N2O4S2. The van der Waals surface area contributed by atoms with Gasteiger partial charge in [-0.25, -0.2) is 17.7 Å². The van der Waals surface area contributed by atoms with Crippen LogP contribution in [0.25, 0.3) is 0 Å². The van der Waals surface area contributed by atoms with Gasteiger partial charge in [0.2, 0.25) is 0 Å². The number of hydrogen-bond acceptors (Lipinski definition) is 6. The molecule has 0 radical (unpaired) electrons. The smallest absolute Gasteiger partial charge is 0.261 e. The van der Waals surface area contributed by atoms with Crippen molar-refractivity contribution in [1.29, 1.82) is 0 Å². The summed E-state index contributed by atoms with van der Waals surface area (Å²) < 4.78 is 37.5. The molecule has 130 valence electrons. The Kier molecular flexibility index (Phi) is 5.84. The van der Waals surface area contributed by atoms with Crippen LogP contribution in [0.3, 0.4) is 0 Å². The van der Waals surface area contributed by atoms with Gasteiger partial charge in [0, 0.05) is 23.2 Å². The van der Waals surface area contributed by atoms with Gasteiger partial charge >= 0.3 is 0 Å². The molecule has 0 atom stereocenters. The SMILES string of the molecule is CC=C(C)S(=O)(=O)N(Cc1ccc(OC)cc1OC)c1nccs1. The zero-order chi connectivity index (χ0) is 17.7. The van der Waals surface area contributed by atoms with Crippen molar-refractivity contribution in [2.75, 3.05) is 18.5 Å². The van der Waals surface area contributed by atoms with Crippen LogP contribution in [0.15, 0.2) is 40.8 Å². The Morgan fingerprint density at radius 3 is 2.62 bits per heavy atom. The van der Waals surface area contributed by atoms with E-state index in [4.69, 9.17) is 9.47 Å². The summed E-state index contributed by atoms with van der Waals surface area (Å²) in [5, 5.41) is 2.16. The van der Waals surface area contributed by atoms with Gasteiger partial charge in [-0.3, -0.25) is 0 Å². The van der Waals surface area contributed by atoms with Crippen LogP contribution in [-0.4, -0.2) is 27.6 Å². The Bertz CT molecular complexity index is 815. The van der Waals surface area contributed by atoms with E-state index in [1.165, 1.54) is 22.8 Å². The Morgan fingerprint density at radius 1 is 1.33 bits per heavy atom. The Morgan fingerprint density at radius 2 is 2.08 bits per heavy atom. The maximum atomic E-state index is 12.8. The molecule has 24 heavy (non-hydrogen) atoms. The molecule has 0 bridgehead atoms. The first kappa shape index (κ1) is 18.3. The molecule has 8 heteroatoms. The molecule has 1 heterocycles. The third kappa shape index (κ3) is 3.70. The van der Waals surface area contributed by atoms with Gasteiger partial charge < -0.3 is 9.47 Å². The normalized spacial score (nSPS) is 12.1. The molecule has 2 rings (SSSR count). The molecule has 0 unspecified atom stereocenters. The number of sulfonamides is 1. The standard InChI is InChI=1S/C16H20N2O4S2/c1-5-12(2)24(19,20)18(16-17-8-9-23-16)11-13-6-7-14(21-3)10-15(13)22-4/h5-10H,11H2,1-4H3. The summed E-state index contributed by atoms with van der Waals surface area (Å²) in [6.45, 7) is 3.39. The molecule has 1 aromatic heterocycles. The number of thiazole rings is 1. The molecule has 0 aliphatic carbocycles. The molecule has 0 spiro atoms. The summed E-state index contributed by atoms with van der Waals surface area (Å²) in [5.74, 6) is 1.20. The fourth-order valence-electron chi connectivity index (χ4n) is 2.05. The van der Waals surface area contributed by atoms with E-state index in [-0.39, 0.29) is 11.4 Å². The molecule has 0 amide bonds. The lowest BCUT2D eigenvalue weighted by Crippen LogP contribution is -2.31. The number of nitrogens with zero attached hydrogens (tertiary/aromatic N) is 2. The highest BCUT2D eigenvalue weighted by molar-refractivity contribution is 7.96. The lowest BCUT2D eigenvalue weighted by atomic mass is 10.2. The van der Waals surface area contributed by atoms with Crippen LogP contribution in [0.1, 0.15) is 19.4 Å². The second-order valence-corrected chi connectivity index (χ2v) is 7.81. The van der Waals surface area contributed by atoms with E-state index in [1.807, 2.05) is 0 Å². The predicted octanol–water partition coefficient (Wildman–Crippen LogP) is 3.42. The van der Waals surface area contributed by atoms with Crippen molar-refractivity contribution in [2.45, 2.75) is 20.4 Å². The van der Waals surface area contributed by atoms with E-state index >= 15 is 0 Å². The number of allylic oxidation sites excluding steroid dienone is 2. The van der Waals surface area contributed by atoms with Gasteiger partial charge in [-0.2, -0.15) is 0 Å². The zero-order valence-electron chi connectivity index (χ0n) is 14.0. The van der Waals surface area contributed by atoms with Crippen molar-refractivity contribution in [3.05, 3.63) is 46.3 Å². The monoisotopic (exact) mass is 368 g/mol. The molecule has 0 saturated carbocycles. The summed E-state index contributed by atoms with van der Waals surface area (Å²) in [4.78, 5) is 4.43. The highest BCUT2D eigenvalue weighted by Gasteiger charge is 2.27. The Hall–Kier alpha value is -2.06. The molecule has 1 aromatic carbocycles. The summed E-state index contributed by atoms with van der Waals surface area (Å²) >= 11 is 1.27. The van der Waals surface area contributed by atoms with E-state index in [1.54, 1.807) is 56.8 Å². The quantitative estimate of drug-likeness (QED) is 0.749. The van der Waals surface area contributed by atoms with Crippen LogP contribution in [0.4, 0.5) is 5.13 Å². The van der Waals surface area contributed by atoms with Crippen LogP contribution < -0.4 is 13.8 Å². The van der Waals surface area contributed by atoms with Crippen LogP contribution in [0.2, 0.25) is 0 Å². The van der Waals surface area contributed by atoms with E-state index in [0.717, 1.165) is 5.56 Å². The van der Waals surface area contributed by atoms with Crippen molar-refractivity contribution in [2.24, 2.45) is 0 Å². The maximum absolute atomic E-state index is 12.8. The van der Waals surface area contributed by atoms with Crippen LogP contribution in [-0.2, 0) is 16.6 Å². The molecule has 0 fully saturated rings. The Balaban J connectivity index is 2.48. The third-order valence-corrected chi connectivity index (χ3v) is 6.39. The summed E-state index contributed by atoms with van der Waals surface area (Å²) in [7, 11) is -0.552. The van der Waals surface area contributed by atoms with E-state index in [0.29, 0.717) is 16.6 Å². The fraction of sp³-hybridized carbons (Fsp3) is 0.312. The molecular weight excluding hydrogens is 348 g/mol. The van der Waals surface area contributed by atoms with Gasteiger partial charge in [0.05, 0.1) is 25.7 Å². The first-order chi connectivity index (χ1) is 11.4. The van der Waals surface area contributed by atoms with Crippen molar-refractivity contribution >= 4 is 26.5 Å². The summed E-state index contributed by atoms with van der Waals surface area (Å²) in [6.07, 6.45) is 3.15. The fourth-order valence-corrected chi connectivity index (χ4v) is 4.23. The largest absolute Gasteiger partial charge is 0.497 e. The average Bonchev–Trinajstić information content (AvgIpc) is 3.12. The zero-order valence-corrected chi connectivity index (χ0v) is 15.6. The van der Waals surface area contributed by atoms with Gasteiger partial charge in [-0.05, 0) is 26.0 Å². The first-order valence-electron chi connectivity index (χ1n) is 7.20. The number of benzene rings is 1. The van der Waals surface area contributed by atoms with Gasteiger partial charge in [0.15, 0.2) is 5.13 Å². The molecule has 0 N–H and O–H groups in total. The average molecular weight is 368 g/mol. The molecule has 6 nitrogen and oxygen atoms in total. The number of anilines is 1. The van der Waals surface area contributed by atoms with Gasteiger partial charge in [0.25, 0.3) is 10.0 Å². The number of methoxy groups -OCH3 is 2. The second kappa shape index (κ2) is 7.67. The molecule has 0 aliphatic heterocycles. The lowest BCUT2D eigenvalue weighted by Gasteiger charge is -2.23. The van der Waals surface area contributed by atoms with Crippen LogP contribution in [0.5, 0.6) is 11.5 Å². The topological polar surface area (TPSA) is 68.7 Å². The van der Waals surface area contributed by atoms with Crippen molar-refractivity contribution in [3.63, 3.8) is 0 Å². The Labute approximate surface area is 146 Å². The number of rotatable bonds is 7. The van der Waals surface area contributed by atoms with E-state index in [2.05, 4.69) is 4.98 Å². The predicted molar refractivity (Wildman–Crippen MR) is 96.2 cm³/mol. The summed E-state index contributed by atoms with van der Waals surface area (Å²) in [5.41, 5.74) is 0.723. The minimum Gasteiger partial charge on any atom is -0.497 e. The number of hydrogen-bond donors (Lipinski definition) is 0. The minimum absolute atomic E-state index is 0.119. The van der Waals surface area contributed by atoms with Crippen molar-refractivity contribution in [3.8, 4) is 11.5 Å². The highest BCUT2D eigenvalue weighted by atomic mass is 32.2. The summed E-state index contributed by atoms with van der Waals surface area (Å²) in [6, 6.07) is 5.29. The second-order valence-electron chi connectivity index (χ2n) is 4.90. The third-order valence-electron chi connectivity index (χ3n) is 3.54. The highest BCUT2D eigenvalue weighted by Crippen LogP contribution is 2.31. The molecule has 0 saturated heterocycles. The van der Waals surface area contributed by atoms with Gasteiger partial charge in [-0.15, -0.1) is 11.3 Å².